The smallest absolute Gasteiger partial charge is 0.373 e. The predicted octanol–water partition coefficient (Wildman–Crippen LogP) is 1.89. The zero-order valence-electron chi connectivity index (χ0n) is 9.96. The number of ether oxygens (including phenoxy) is 2. The molecule has 0 fully saturated rings. The third kappa shape index (κ3) is 2.37. The lowest BCUT2D eigenvalue weighted by Gasteiger charge is -2.01. The second-order valence-corrected chi connectivity index (χ2v) is 4.11. The van der Waals surface area contributed by atoms with Crippen LogP contribution in [0.5, 0.6) is 11.5 Å². The molecule has 0 spiro atoms. The molecule has 0 saturated carbocycles. The highest BCUT2D eigenvalue weighted by Gasteiger charge is 2.14. The minimum Gasteiger partial charge on any atom is -0.475 e. The average molecular weight is 261 g/mol. The Labute approximate surface area is 108 Å². The Morgan fingerprint density at radius 3 is 2.89 bits per heavy atom. The average Bonchev–Trinajstić information content (AvgIpc) is 3.04. The van der Waals surface area contributed by atoms with Crippen LogP contribution in [0.3, 0.4) is 0 Å². The molecule has 19 heavy (non-hydrogen) atoms. The molecule has 6 nitrogen and oxygen atoms in total. The molecule has 1 aliphatic rings. The molecule has 2 aromatic rings. The number of fused-ring (bicyclic) bond motifs is 1. The fourth-order valence-electron chi connectivity index (χ4n) is 1.87. The zero-order chi connectivity index (χ0) is 13.2. The second-order valence-electron chi connectivity index (χ2n) is 4.11. The van der Waals surface area contributed by atoms with Crippen LogP contribution in [-0.2, 0) is 12.8 Å². The summed E-state index contributed by atoms with van der Waals surface area (Å²) >= 11 is 0. The van der Waals surface area contributed by atoms with Crippen molar-refractivity contribution in [3.63, 3.8) is 0 Å². The number of oxazole rings is 1. The Bertz CT molecular complexity index is 619. The summed E-state index contributed by atoms with van der Waals surface area (Å²) in [7, 11) is 0. The van der Waals surface area contributed by atoms with E-state index in [0.29, 0.717) is 18.7 Å². The lowest BCUT2D eigenvalue weighted by atomic mass is 10.1. The van der Waals surface area contributed by atoms with E-state index in [1.165, 1.54) is 6.20 Å². The number of carbonyl (C=O) groups is 1. The Morgan fingerprint density at radius 1 is 1.26 bits per heavy atom. The molecule has 98 valence electrons. The van der Waals surface area contributed by atoms with E-state index < -0.39 is 5.97 Å². The van der Waals surface area contributed by atoms with E-state index >= 15 is 0 Å². The van der Waals surface area contributed by atoms with Crippen LogP contribution in [0, 0.1) is 0 Å². The van der Waals surface area contributed by atoms with E-state index in [1.807, 2.05) is 18.2 Å². The first-order valence-electron chi connectivity index (χ1n) is 5.79. The summed E-state index contributed by atoms with van der Waals surface area (Å²) in [6.45, 7) is 0.250. The Hall–Kier alpha value is -2.50. The molecule has 1 N–H and O–H groups in total. The summed E-state index contributed by atoms with van der Waals surface area (Å²) in [6, 6.07) is 5.70. The zero-order valence-corrected chi connectivity index (χ0v) is 9.96. The van der Waals surface area contributed by atoms with Gasteiger partial charge in [0, 0.05) is 6.42 Å². The maximum atomic E-state index is 10.7. The highest BCUT2D eigenvalue weighted by atomic mass is 16.7. The number of aromatic nitrogens is 1. The molecule has 0 bridgehead atoms. The van der Waals surface area contributed by atoms with E-state index in [4.69, 9.17) is 19.0 Å². The van der Waals surface area contributed by atoms with E-state index in [9.17, 15) is 4.79 Å². The molecule has 0 amide bonds. The van der Waals surface area contributed by atoms with Crippen molar-refractivity contribution in [2.24, 2.45) is 0 Å². The van der Waals surface area contributed by atoms with Crippen molar-refractivity contribution in [2.75, 3.05) is 6.79 Å². The molecular formula is C13H11NO5. The first-order valence-corrected chi connectivity index (χ1v) is 5.79. The number of carboxylic acid groups (broad SMARTS) is 1. The van der Waals surface area contributed by atoms with Crippen molar-refractivity contribution in [1.29, 1.82) is 0 Å². The highest BCUT2D eigenvalue weighted by Crippen LogP contribution is 2.32. The summed E-state index contributed by atoms with van der Waals surface area (Å²) in [5, 5.41) is 8.73. The molecular weight excluding hydrogens is 250 g/mol. The molecule has 1 aliphatic heterocycles. The van der Waals surface area contributed by atoms with Gasteiger partial charge in [0.05, 0.1) is 6.20 Å². The van der Waals surface area contributed by atoms with Crippen LogP contribution in [0.25, 0.3) is 0 Å². The number of hydrogen-bond acceptors (Lipinski definition) is 5. The monoisotopic (exact) mass is 261 g/mol. The van der Waals surface area contributed by atoms with Crippen molar-refractivity contribution in [1.82, 2.24) is 4.98 Å². The number of benzene rings is 1. The number of aromatic carboxylic acids is 1. The van der Waals surface area contributed by atoms with Crippen molar-refractivity contribution in [3.05, 3.63) is 41.6 Å². The van der Waals surface area contributed by atoms with Crippen LogP contribution in [0.2, 0.25) is 0 Å². The molecule has 0 unspecified atom stereocenters. The van der Waals surface area contributed by atoms with Crippen molar-refractivity contribution in [2.45, 2.75) is 12.8 Å². The fourth-order valence-corrected chi connectivity index (χ4v) is 1.87. The van der Waals surface area contributed by atoms with Gasteiger partial charge in [0.15, 0.2) is 17.4 Å². The van der Waals surface area contributed by atoms with Crippen LogP contribution in [0.1, 0.15) is 22.0 Å². The second kappa shape index (κ2) is 4.64. The van der Waals surface area contributed by atoms with Gasteiger partial charge in [0.2, 0.25) is 12.6 Å². The standard InChI is InChI=1S/C13H11NO5/c15-13(16)11-6-14-12(19-11)4-2-8-1-3-9-10(5-8)18-7-17-9/h1,3,5-6H,2,4,7H2,(H,15,16). The van der Waals surface area contributed by atoms with E-state index in [0.717, 1.165) is 17.1 Å². The van der Waals surface area contributed by atoms with E-state index in [-0.39, 0.29) is 12.6 Å². The maximum Gasteiger partial charge on any atom is 0.373 e. The third-order valence-electron chi connectivity index (χ3n) is 2.83. The summed E-state index contributed by atoms with van der Waals surface area (Å²) < 4.78 is 15.6. The Morgan fingerprint density at radius 2 is 2.11 bits per heavy atom. The predicted molar refractivity (Wildman–Crippen MR) is 63.4 cm³/mol. The normalized spacial score (nSPS) is 12.6. The number of rotatable bonds is 4. The van der Waals surface area contributed by atoms with Crippen LogP contribution in [0.15, 0.2) is 28.8 Å². The van der Waals surface area contributed by atoms with Crippen LogP contribution < -0.4 is 9.47 Å². The lowest BCUT2D eigenvalue weighted by molar-refractivity contribution is 0.0660. The minimum absolute atomic E-state index is 0.138. The SMILES string of the molecule is O=C(O)c1cnc(CCc2ccc3c(c2)OCO3)o1. The van der Waals surface area contributed by atoms with Crippen molar-refractivity contribution >= 4 is 5.97 Å². The van der Waals surface area contributed by atoms with E-state index in [1.54, 1.807) is 0 Å². The van der Waals surface area contributed by atoms with Crippen LogP contribution in [0.4, 0.5) is 0 Å². The molecule has 6 heteroatoms. The minimum atomic E-state index is -1.11. The molecule has 2 heterocycles. The summed E-state index contributed by atoms with van der Waals surface area (Å²) in [6.07, 6.45) is 2.44. The summed E-state index contributed by atoms with van der Waals surface area (Å²) in [5.41, 5.74) is 1.05. The van der Waals surface area contributed by atoms with Crippen molar-refractivity contribution in [3.8, 4) is 11.5 Å². The Balaban J connectivity index is 1.67. The first-order chi connectivity index (χ1) is 9.22. The summed E-state index contributed by atoms with van der Waals surface area (Å²) in [4.78, 5) is 14.6. The van der Waals surface area contributed by atoms with Gasteiger partial charge in [-0.1, -0.05) is 6.07 Å². The Kier molecular flexibility index (Phi) is 2.83. The van der Waals surface area contributed by atoms with Gasteiger partial charge in [-0.25, -0.2) is 9.78 Å². The largest absolute Gasteiger partial charge is 0.475 e. The van der Waals surface area contributed by atoms with Gasteiger partial charge in [-0.15, -0.1) is 0 Å². The van der Waals surface area contributed by atoms with Gasteiger partial charge in [-0.2, -0.15) is 0 Å². The highest BCUT2D eigenvalue weighted by molar-refractivity contribution is 5.83. The molecule has 0 aliphatic carbocycles. The maximum absolute atomic E-state index is 10.7. The van der Waals surface area contributed by atoms with Gasteiger partial charge in [-0.05, 0) is 24.1 Å². The molecule has 0 saturated heterocycles. The third-order valence-corrected chi connectivity index (χ3v) is 2.83. The summed E-state index contributed by atoms with van der Waals surface area (Å²) in [5.74, 6) is 0.641. The van der Waals surface area contributed by atoms with Crippen LogP contribution in [-0.4, -0.2) is 22.9 Å². The van der Waals surface area contributed by atoms with E-state index in [2.05, 4.69) is 4.98 Å². The first kappa shape index (κ1) is 11.6. The lowest BCUT2D eigenvalue weighted by Crippen LogP contribution is -1.93. The van der Waals surface area contributed by atoms with Crippen molar-refractivity contribution < 1.29 is 23.8 Å². The number of hydrogen-bond donors (Lipinski definition) is 1. The quantitative estimate of drug-likeness (QED) is 0.905. The van der Waals surface area contributed by atoms with Gasteiger partial charge >= 0.3 is 5.97 Å². The van der Waals surface area contributed by atoms with Gasteiger partial charge in [0.25, 0.3) is 0 Å². The van der Waals surface area contributed by atoms with Gasteiger partial charge in [-0.3, -0.25) is 0 Å². The fraction of sp³-hybridized carbons (Fsp3) is 0.231. The van der Waals surface area contributed by atoms with Crippen LogP contribution >= 0.6 is 0 Å². The molecule has 1 aromatic carbocycles. The molecule has 0 radical (unpaired) electrons. The molecule has 0 atom stereocenters. The molecule has 3 rings (SSSR count). The number of nitrogens with zero attached hydrogens (tertiary/aromatic N) is 1. The molecule has 1 aromatic heterocycles. The number of aryl methyl sites for hydroxylation is 2. The topological polar surface area (TPSA) is 81.8 Å². The number of carboxylic acids is 1. The van der Waals surface area contributed by atoms with Gasteiger partial charge < -0.3 is 19.0 Å². The van der Waals surface area contributed by atoms with Gasteiger partial charge in [0.1, 0.15) is 0 Å².